The van der Waals surface area contributed by atoms with E-state index in [1.54, 1.807) is 0 Å². The van der Waals surface area contributed by atoms with Crippen LogP contribution in [0.4, 0.5) is 17.1 Å². The zero-order valence-corrected chi connectivity index (χ0v) is 37.3. The molecule has 318 valence electrons. The summed E-state index contributed by atoms with van der Waals surface area (Å²) in [5, 5.41) is 9.90. The first-order chi connectivity index (χ1) is 33.7. The lowest BCUT2D eigenvalue weighted by Crippen LogP contribution is -2.10. The standard InChI is InChI=1S/C66H44N2/c1-3-17-46(18-4-1)54-23-11-13-27-58(54)59-28-14-12-24-55(59)48-33-39-53(40-34-48)67(64-44-50-20-8-9-25-56(50)60-29-15-16-30-61(60)64)52-37-31-45(32-38-52)49-36-41-62-63-42-35-47-19-7-10-26-57(47)66(63)68(65(62)43-49)51-21-5-2-6-22-51/h1-44H. The summed E-state index contributed by atoms with van der Waals surface area (Å²) in [6, 6.07) is 97.4. The third kappa shape index (κ3) is 6.65. The fourth-order valence-corrected chi connectivity index (χ4v) is 10.6. The molecule has 0 atom stereocenters. The van der Waals surface area contributed by atoms with Crippen LogP contribution in [-0.4, -0.2) is 4.57 Å². The molecule has 0 aliphatic rings. The van der Waals surface area contributed by atoms with Crippen LogP contribution in [0.3, 0.4) is 0 Å². The molecule has 0 unspecified atom stereocenters. The lowest BCUT2D eigenvalue weighted by atomic mass is 9.89. The Morgan fingerprint density at radius 2 is 0.750 bits per heavy atom. The van der Waals surface area contributed by atoms with Crippen LogP contribution in [0.2, 0.25) is 0 Å². The number of para-hydroxylation sites is 1. The summed E-state index contributed by atoms with van der Waals surface area (Å²) in [6.45, 7) is 0. The van der Waals surface area contributed by atoms with E-state index in [0.29, 0.717) is 0 Å². The highest BCUT2D eigenvalue weighted by atomic mass is 15.1. The maximum Gasteiger partial charge on any atom is 0.0619 e. The molecule has 13 aromatic rings. The van der Waals surface area contributed by atoms with Crippen molar-refractivity contribution in [2.45, 2.75) is 0 Å². The summed E-state index contributed by atoms with van der Waals surface area (Å²) in [4.78, 5) is 2.43. The Morgan fingerprint density at radius 3 is 1.43 bits per heavy atom. The number of rotatable bonds is 8. The summed E-state index contributed by atoms with van der Waals surface area (Å²) in [5.41, 5.74) is 16.5. The van der Waals surface area contributed by atoms with Gasteiger partial charge in [0.1, 0.15) is 0 Å². The van der Waals surface area contributed by atoms with E-state index >= 15 is 0 Å². The van der Waals surface area contributed by atoms with Gasteiger partial charge < -0.3 is 9.47 Å². The smallest absolute Gasteiger partial charge is 0.0619 e. The van der Waals surface area contributed by atoms with Gasteiger partial charge in [-0.25, -0.2) is 0 Å². The van der Waals surface area contributed by atoms with Crippen LogP contribution >= 0.6 is 0 Å². The molecule has 13 rings (SSSR count). The van der Waals surface area contributed by atoms with Crippen LogP contribution < -0.4 is 4.90 Å². The van der Waals surface area contributed by atoms with Gasteiger partial charge in [0.05, 0.1) is 16.7 Å². The van der Waals surface area contributed by atoms with Crippen molar-refractivity contribution >= 4 is 71.2 Å². The van der Waals surface area contributed by atoms with Crippen LogP contribution in [0.15, 0.2) is 267 Å². The Bertz CT molecular complexity index is 4000. The van der Waals surface area contributed by atoms with E-state index in [4.69, 9.17) is 0 Å². The molecule has 0 saturated heterocycles. The van der Waals surface area contributed by atoms with Crippen LogP contribution in [0.25, 0.3) is 104 Å². The van der Waals surface area contributed by atoms with Gasteiger partial charge in [-0.15, -0.1) is 0 Å². The Labute approximate surface area is 395 Å². The van der Waals surface area contributed by atoms with Gasteiger partial charge in [0.2, 0.25) is 0 Å². The molecule has 0 fully saturated rings. The van der Waals surface area contributed by atoms with E-state index in [9.17, 15) is 0 Å². The zero-order valence-electron chi connectivity index (χ0n) is 37.3. The zero-order chi connectivity index (χ0) is 45.0. The molecule has 1 heterocycles. The second kappa shape index (κ2) is 16.5. The highest BCUT2D eigenvalue weighted by Crippen LogP contribution is 2.45. The predicted molar refractivity (Wildman–Crippen MR) is 290 cm³/mol. The summed E-state index contributed by atoms with van der Waals surface area (Å²) < 4.78 is 2.45. The molecule has 68 heavy (non-hydrogen) atoms. The molecule has 0 aliphatic carbocycles. The molecule has 0 saturated carbocycles. The molecule has 1 aromatic heterocycles. The second-order valence-electron chi connectivity index (χ2n) is 17.6. The lowest BCUT2D eigenvalue weighted by molar-refractivity contribution is 1.19. The first-order valence-corrected chi connectivity index (χ1v) is 23.4. The molecule has 2 heteroatoms. The minimum absolute atomic E-state index is 1.09. The lowest BCUT2D eigenvalue weighted by Gasteiger charge is -2.28. The fourth-order valence-electron chi connectivity index (χ4n) is 10.6. The maximum absolute atomic E-state index is 2.45. The molecule has 0 bridgehead atoms. The van der Waals surface area contributed by atoms with Crippen molar-refractivity contribution in [3.8, 4) is 50.2 Å². The first kappa shape index (κ1) is 39.4. The first-order valence-electron chi connectivity index (χ1n) is 23.4. The third-order valence-corrected chi connectivity index (χ3v) is 13.8. The topological polar surface area (TPSA) is 8.17 Å². The molecule has 0 radical (unpaired) electrons. The van der Waals surface area contributed by atoms with Crippen molar-refractivity contribution in [1.29, 1.82) is 0 Å². The number of hydrogen-bond acceptors (Lipinski definition) is 1. The average molecular weight is 865 g/mol. The van der Waals surface area contributed by atoms with Gasteiger partial charge in [0, 0.05) is 38.6 Å². The van der Waals surface area contributed by atoms with Crippen molar-refractivity contribution in [3.05, 3.63) is 267 Å². The summed E-state index contributed by atoms with van der Waals surface area (Å²) >= 11 is 0. The highest BCUT2D eigenvalue weighted by Gasteiger charge is 2.20. The molecule has 0 spiro atoms. The normalized spacial score (nSPS) is 11.5. The Balaban J connectivity index is 0.943. The number of fused-ring (bicyclic) bond motifs is 8. The fraction of sp³-hybridized carbons (Fsp3) is 0. The van der Waals surface area contributed by atoms with Crippen molar-refractivity contribution in [1.82, 2.24) is 4.57 Å². The van der Waals surface area contributed by atoms with Crippen LogP contribution in [0.1, 0.15) is 0 Å². The van der Waals surface area contributed by atoms with E-state index in [1.807, 2.05) is 0 Å². The largest absolute Gasteiger partial charge is 0.310 e. The Hall–Kier alpha value is -8.98. The monoisotopic (exact) mass is 864 g/mol. The van der Waals surface area contributed by atoms with Gasteiger partial charge >= 0.3 is 0 Å². The number of anilines is 3. The van der Waals surface area contributed by atoms with Crippen LogP contribution in [0, 0.1) is 0 Å². The quantitative estimate of drug-likeness (QED) is 0.138. The minimum Gasteiger partial charge on any atom is -0.310 e. The SMILES string of the molecule is c1ccc(-c2ccccc2-c2ccccc2-c2ccc(N(c3ccc(-c4ccc5c6ccc7ccccc7c6n(-c6ccccc6)c5c4)cc3)c3cc4ccccc4c4ccccc34)cc2)cc1. The Kier molecular flexibility index (Phi) is 9.54. The van der Waals surface area contributed by atoms with E-state index in [2.05, 4.69) is 276 Å². The van der Waals surface area contributed by atoms with E-state index in [-0.39, 0.29) is 0 Å². The molecule has 0 amide bonds. The van der Waals surface area contributed by atoms with Crippen molar-refractivity contribution in [3.63, 3.8) is 0 Å². The second-order valence-corrected chi connectivity index (χ2v) is 17.6. The van der Waals surface area contributed by atoms with E-state index < -0.39 is 0 Å². The van der Waals surface area contributed by atoms with Gasteiger partial charge in [-0.3, -0.25) is 0 Å². The molecule has 0 aliphatic heterocycles. The van der Waals surface area contributed by atoms with Crippen molar-refractivity contribution in [2.75, 3.05) is 4.90 Å². The van der Waals surface area contributed by atoms with E-state index in [0.717, 1.165) is 28.3 Å². The molecule has 12 aromatic carbocycles. The number of benzene rings is 12. The van der Waals surface area contributed by atoms with Crippen molar-refractivity contribution < 1.29 is 0 Å². The third-order valence-electron chi connectivity index (χ3n) is 13.8. The van der Waals surface area contributed by atoms with Gasteiger partial charge in [0.15, 0.2) is 0 Å². The minimum atomic E-state index is 1.09. The summed E-state index contributed by atoms with van der Waals surface area (Å²) in [6.07, 6.45) is 0. The number of nitrogens with zero attached hydrogens (tertiary/aromatic N) is 2. The van der Waals surface area contributed by atoms with Crippen LogP contribution in [-0.2, 0) is 0 Å². The van der Waals surface area contributed by atoms with Crippen LogP contribution in [0.5, 0.6) is 0 Å². The molecular formula is C66H44N2. The number of hydrogen-bond donors (Lipinski definition) is 0. The molecule has 0 N–H and O–H groups in total. The van der Waals surface area contributed by atoms with Gasteiger partial charge in [-0.05, 0) is 115 Å². The average Bonchev–Trinajstić information content (AvgIpc) is 3.76. The highest BCUT2D eigenvalue weighted by molar-refractivity contribution is 6.19. The molecule has 2 nitrogen and oxygen atoms in total. The van der Waals surface area contributed by atoms with Gasteiger partial charge in [-0.2, -0.15) is 0 Å². The predicted octanol–water partition coefficient (Wildman–Crippen LogP) is 18.4. The van der Waals surface area contributed by atoms with Crippen molar-refractivity contribution in [2.24, 2.45) is 0 Å². The Morgan fingerprint density at radius 1 is 0.265 bits per heavy atom. The number of aromatic nitrogens is 1. The van der Waals surface area contributed by atoms with Gasteiger partial charge in [-0.1, -0.05) is 218 Å². The summed E-state index contributed by atoms with van der Waals surface area (Å²) in [5.74, 6) is 0. The van der Waals surface area contributed by atoms with E-state index in [1.165, 1.54) is 93.1 Å². The molecular weight excluding hydrogens is 821 g/mol. The summed E-state index contributed by atoms with van der Waals surface area (Å²) in [7, 11) is 0. The maximum atomic E-state index is 2.45. The van der Waals surface area contributed by atoms with Gasteiger partial charge in [0.25, 0.3) is 0 Å².